The lowest BCUT2D eigenvalue weighted by Gasteiger charge is -2.33. The first-order valence-electron chi connectivity index (χ1n) is 23.2. The highest BCUT2D eigenvalue weighted by atomic mass is 16.6. The third-order valence-electron chi connectivity index (χ3n) is 10.9. The summed E-state index contributed by atoms with van der Waals surface area (Å²) in [6, 6.07) is 12.9. The number of hydrogen-bond acceptors (Lipinski definition) is 10. The van der Waals surface area contributed by atoms with Crippen molar-refractivity contribution in [1.82, 2.24) is 20.4 Å². The van der Waals surface area contributed by atoms with Crippen molar-refractivity contribution in [2.45, 2.75) is 165 Å². The number of ether oxygens (including phenoxy) is 4. The van der Waals surface area contributed by atoms with Gasteiger partial charge in [0, 0.05) is 62.0 Å². The van der Waals surface area contributed by atoms with Gasteiger partial charge in [-0.25, -0.2) is 14.4 Å². The first-order valence-corrected chi connectivity index (χ1v) is 23.2. The number of piperidine rings is 2. The molecule has 3 aromatic carbocycles. The largest absolute Gasteiger partial charge is 0.491 e. The normalized spacial score (nSPS) is 15.1. The van der Waals surface area contributed by atoms with E-state index in [2.05, 4.69) is 27.7 Å². The molecule has 0 spiro atoms. The standard InChI is InChI=1S/C28H38N2O5.C24H36N2O5/c1-17(2)34-24-13-21(14-25(15-24)35-18(3)4)16-30-9-7-23(8-10-30)29-27(31)22-11-19(5)26(28(32)33)20(6)12-22;1-15-13-17(14-16(2)19(15)21(28)30-23(3,4)5)20(27)25-18-9-11-26(12-10-18)22(29)31-24(6,7)8/h11-15,17-18,23H,7-10,16H2,1-6H3,(H,29,31)(H,32,33);13-14,18H,9-12H2,1-8H3,(H,25,27). The Hall–Kier alpha value is -5.63. The van der Waals surface area contributed by atoms with E-state index in [0.717, 1.165) is 49.5 Å². The van der Waals surface area contributed by atoms with Gasteiger partial charge in [-0.2, -0.15) is 0 Å². The highest BCUT2D eigenvalue weighted by Gasteiger charge is 2.29. The number of nitrogens with zero attached hydrogens (tertiary/aromatic N) is 2. The van der Waals surface area contributed by atoms with E-state index in [1.165, 1.54) is 0 Å². The van der Waals surface area contributed by atoms with E-state index >= 15 is 0 Å². The maximum absolute atomic E-state index is 12.8. The summed E-state index contributed by atoms with van der Waals surface area (Å²) >= 11 is 0. The molecule has 362 valence electrons. The van der Waals surface area contributed by atoms with Crippen molar-refractivity contribution in [3.8, 4) is 11.5 Å². The molecule has 14 heteroatoms. The van der Waals surface area contributed by atoms with Gasteiger partial charge in [-0.05, 0) is 187 Å². The van der Waals surface area contributed by atoms with Crippen LogP contribution in [0.5, 0.6) is 11.5 Å². The molecule has 2 heterocycles. The number of carboxylic acids is 1. The van der Waals surface area contributed by atoms with Crippen molar-refractivity contribution in [3.63, 3.8) is 0 Å². The zero-order valence-electron chi connectivity index (χ0n) is 41.7. The van der Waals surface area contributed by atoms with E-state index < -0.39 is 17.2 Å². The number of hydrogen-bond donors (Lipinski definition) is 3. The van der Waals surface area contributed by atoms with Crippen LogP contribution < -0.4 is 20.1 Å². The Morgan fingerprint density at radius 1 is 0.606 bits per heavy atom. The summed E-state index contributed by atoms with van der Waals surface area (Å²) in [6.45, 7) is 29.7. The Morgan fingerprint density at radius 3 is 1.38 bits per heavy atom. The minimum atomic E-state index is -0.969. The Balaban J connectivity index is 0.000000291. The predicted molar refractivity (Wildman–Crippen MR) is 256 cm³/mol. The molecule has 2 fully saturated rings. The van der Waals surface area contributed by atoms with Crippen LogP contribution in [-0.4, -0.2) is 106 Å². The van der Waals surface area contributed by atoms with Crippen LogP contribution in [0.4, 0.5) is 4.79 Å². The summed E-state index contributed by atoms with van der Waals surface area (Å²) in [6.07, 6.45) is 2.90. The molecule has 0 aliphatic carbocycles. The smallest absolute Gasteiger partial charge is 0.410 e. The molecule has 3 aromatic rings. The average molecular weight is 915 g/mol. The Bertz CT molecular complexity index is 2130. The second-order valence-corrected chi connectivity index (χ2v) is 20.2. The monoisotopic (exact) mass is 915 g/mol. The first kappa shape index (κ1) is 53.0. The molecule has 14 nitrogen and oxygen atoms in total. The molecule has 3 amide bonds. The minimum Gasteiger partial charge on any atom is -0.491 e. The highest BCUT2D eigenvalue weighted by Crippen LogP contribution is 2.27. The van der Waals surface area contributed by atoms with E-state index in [4.69, 9.17) is 18.9 Å². The lowest BCUT2D eigenvalue weighted by molar-refractivity contribution is 0.00661. The third kappa shape index (κ3) is 16.4. The lowest BCUT2D eigenvalue weighted by Crippen LogP contribution is -2.47. The Kier molecular flexibility index (Phi) is 18.2. The number of carbonyl (C=O) groups is 5. The molecular formula is C52H74N4O10. The average Bonchev–Trinajstić information content (AvgIpc) is 3.16. The Morgan fingerprint density at radius 2 is 1.00 bits per heavy atom. The van der Waals surface area contributed by atoms with Crippen LogP contribution in [0, 0.1) is 27.7 Å². The van der Waals surface area contributed by atoms with Crippen LogP contribution in [0.25, 0.3) is 0 Å². The van der Waals surface area contributed by atoms with E-state index in [1.807, 2.05) is 89.2 Å². The second-order valence-electron chi connectivity index (χ2n) is 20.2. The van der Waals surface area contributed by atoms with Gasteiger partial charge in [0.15, 0.2) is 0 Å². The van der Waals surface area contributed by atoms with Crippen LogP contribution in [0.15, 0.2) is 42.5 Å². The fourth-order valence-electron chi connectivity index (χ4n) is 8.14. The number of carboxylic acid groups (broad SMARTS) is 1. The van der Waals surface area contributed by atoms with Crippen LogP contribution >= 0.6 is 0 Å². The molecule has 0 bridgehead atoms. The highest BCUT2D eigenvalue weighted by molar-refractivity contribution is 5.99. The van der Waals surface area contributed by atoms with Gasteiger partial charge in [0.1, 0.15) is 22.7 Å². The number of amides is 3. The molecule has 0 atom stereocenters. The van der Waals surface area contributed by atoms with Gasteiger partial charge in [-0.15, -0.1) is 0 Å². The molecule has 0 saturated carbocycles. The van der Waals surface area contributed by atoms with Crippen molar-refractivity contribution >= 4 is 29.8 Å². The summed E-state index contributed by atoms with van der Waals surface area (Å²) in [7, 11) is 0. The van der Waals surface area contributed by atoms with Crippen molar-refractivity contribution in [2.24, 2.45) is 0 Å². The second kappa shape index (κ2) is 22.7. The Labute approximate surface area is 392 Å². The number of nitrogens with one attached hydrogen (secondary N) is 2. The topological polar surface area (TPSA) is 173 Å². The predicted octanol–water partition coefficient (Wildman–Crippen LogP) is 9.36. The fourth-order valence-corrected chi connectivity index (χ4v) is 8.14. The van der Waals surface area contributed by atoms with Gasteiger partial charge >= 0.3 is 18.0 Å². The SMILES string of the molecule is Cc1cc(C(=O)NC2CCN(C(=O)OC(C)(C)C)CC2)cc(C)c1C(=O)OC(C)(C)C.Cc1cc(C(=O)NC2CCN(Cc3cc(OC(C)C)cc(OC(C)C)c3)CC2)cc(C)c1C(=O)O. The lowest BCUT2D eigenvalue weighted by atomic mass is 9.98. The number of carbonyl (C=O) groups excluding carboxylic acids is 4. The molecule has 0 unspecified atom stereocenters. The molecule has 3 N–H and O–H groups in total. The number of benzene rings is 3. The minimum absolute atomic E-state index is 0.0164. The van der Waals surface area contributed by atoms with Gasteiger partial charge in [0.05, 0.1) is 23.3 Å². The number of rotatable bonds is 12. The van der Waals surface area contributed by atoms with Gasteiger partial charge in [-0.3, -0.25) is 14.5 Å². The summed E-state index contributed by atoms with van der Waals surface area (Å²) in [5.74, 6) is -0.0599. The summed E-state index contributed by atoms with van der Waals surface area (Å²) in [4.78, 5) is 65.8. The van der Waals surface area contributed by atoms with E-state index in [0.29, 0.717) is 64.9 Å². The third-order valence-corrected chi connectivity index (χ3v) is 10.9. The zero-order valence-corrected chi connectivity index (χ0v) is 41.7. The van der Waals surface area contributed by atoms with Crippen molar-refractivity contribution < 1.29 is 48.0 Å². The molecule has 0 radical (unpaired) electrons. The number of aryl methyl sites for hydroxylation is 4. The van der Waals surface area contributed by atoms with Crippen molar-refractivity contribution in [2.75, 3.05) is 26.2 Å². The van der Waals surface area contributed by atoms with Crippen molar-refractivity contribution in [1.29, 1.82) is 0 Å². The molecule has 5 rings (SSSR count). The van der Waals surface area contributed by atoms with Gasteiger partial charge in [-0.1, -0.05) is 0 Å². The zero-order chi connectivity index (χ0) is 49.3. The van der Waals surface area contributed by atoms with Gasteiger partial charge < -0.3 is 39.6 Å². The molecule has 2 saturated heterocycles. The molecule has 0 aromatic heterocycles. The van der Waals surface area contributed by atoms with Gasteiger partial charge in [0.25, 0.3) is 11.8 Å². The van der Waals surface area contributed by atoms with Crippen molar-refractivity contribution in [3.05, 3.63) is 92.5 Å². The summed E-state index contributed by atoms with van der Waals surface area (Å²) in [5.41, 5.74) is 4.43. The molecule has 66 heavy (non-hydrogen) atoms. The maximum Gasteiger partial charge on any atom is 0.410 e. The summed E-state index contributed by atoms with van der Waals surface area (Å²) < 4.78 is 22.8. The van der Waals surface area contributed by atoms with Crippen LogP contribution in [0.2, 0.25) is 0 Å². The summed E-state index contributed by atoms with van der Waals surface area (Å²) in [5, 5.41) is 15.5. The van der Waals surface area contributed by atoms with E-state index in [-0.39, 0.29) is 53.7 Å². The molecule has 2 aliphatic heterocycles. The molecule has 2 aliphatic rings. The van der Waals surface area contributed by atoms with Crippen LogP contribution in [0.3, 0.4) is 0 Å². The van der Waals surface area contributed by atoms with Crippen LogP contribution in [-0.2, 0) is 16.0 Å². The molecular weight excluding hydrogens is 841 g/mol. The number of aromatic carboxylic acids is 1. The van der Waals surface area contributed by atoms with Gasteiger partial charge in [0.2, 0.25) is 0 Å². The van der Waals surface area contributed by atoms with E-state index in [9.17, 15) is 29.1 Å². The number of likely N-dealkylation sites (tertiary alicyclic amines) is 2. The number of esters is 1. The quantitative estimate of drug-likeness (QED) is 0.148. The van der Waals surface area contributed by atoms with E-state index in [1.54, 1.807) is 43.0 Å². The maximum atomic E-state index is 12.8. The van der Waals surface area contributed by atoms with Crippen LogP contribution in [0.1, 0.15) is 164 Å². The first-order chi connectivity index (χ1) is 30.7. The fraction of sp³-hybridized carbons (Fsp3) is 0.558.